The quantitative estimate of drug-likeness (QED) is 0.264. The van der Waals surface area contributed by atoms with E-state index in [1.54, 1.807) is 0 Å². The van der Waals surface area contributed by atoms with Gasteiger partial charge in [0.2, 0.25) is 0 Å². The summed E-state index contributed by atoms with van der Waals surface area (Å²) in [5, 5.41) is 8.89. The van der Waals surface area contributed by atoms with Crippen molar-refractivity contribution < 1.29 is 9.21 Å². The molecule has 0 aliphatic heterocycles. The monoisotopic (exact) mass is 519 g/mol. The third-order valence-electron chi connectivity index (χ3n) is 8.06. The van der Waals surface area contributed by atoms with Crippen LogP contribution in [0.4, 0.5) is 0 Å². The summed E-state index contributed by atoms with van der Waals surface area (Å²) < 4.78 is 9.05. The summed E-state index contributed by atoms with van der Waals surface area (Å²) in [5.41, 5.74) is 3.07. The molecular weight excluding hydrogens is 490 g/mol. The van der Waals surface area contributed by atoms with Crippen LogP contribution in [0, 0.1) is 23.2 Å². The molecule has 3 fully saturated rings. The maximum Gasteiger partial charge on any atom is 0.275 e. The summed E-state index contributed by atoms with van der Waals surface area (Å²) >= 11 is 9.35. The average molecular weight is 521 g/mol. The van der Waals surface area contributed by atoms with Crippen molar-refractivity contribution in [1.82, 2.24) is 15.1 Å². The number of aromatic nitrogens is 2. The number of carbonyl (C=O) groups excluding carboxylic acids is 1. The Morgan fingerprint density at radius 1 is 1.31 bits per heavy atom. The molecule has 2 bridgehead atoms. The van der Waals surface area contributed by atoms with E-state index < -0.39 is 0 Å². The molecule has 1 aromatic carbocycles. The smallest absolute Gasteiger partial charge is 0.275 e. The van der Waals surface area contributed by atoms with Gasteiger partial charge in [0, 0.05) is 28.8 Å². The lowest BCUT2D eigenvalue weighted by Gasteiger charge is -2.60. The molecule has 3 saturated carbocycles. The van der Waals surface area contributed by atoms with Crippen LogP contribution in [0.25, 0.3) is 22.1 Å². The summed E-state index contributed by atoms with van der Waals surface area (Å²) in [4.78, 5) is 13.2. The number of unbranched alkanes of at least 4 members (excludes halogenated alkanes) is 2. The molecule has 0 spiro atoms. The molecule has 2 heterocycles. The molecule has 172 valence electrons. The minimum atomic E-state index is -0.133. The molecule has 0 radical (unpaired) electrons. The Kier molecular flexibility index (Phi) is 6.04. The van der Waals surface area contributed by atoms with Crippen LogP contribution in [0.3, 0.4) is 0 Å². The van der Waals surface area contributed by atoms with Crippen LogP contribution in [-0.4, -0.2) is 28.1 Å². The molecule has 6 rings (SSSR count). The summed E-state index contributed by atoms with van der Waals surface area (Å²) in [6, 6.07) is 5.98. The van der Waals surface area contributed by atoms with E-state index in [1.165, 1.54) is 19.3 Å². The van der Waals surface area contributed by atoms with Gasteiger partial charge in [-0.1, -0.05) is 36.2 Å². The molecule has 3 aliphatic rings. The van der Waals surface area contributed by atoms with E-state index in [1.807, 2.05) is 22.9 Å². The predicted octanol–water partition coefficient (Wildman–Crippen LogP) is 6.76. The number of furan rings is 1. The highest BCUT2D eigenvalue weighted by Gasteiger charge is 2.53. The second-order valence-corrected chi connectivity index (χ2v) is 11.4. The van der Waals surface area contributed by atoms with E-state index in [0.717, 1.165) is 59.2 Å². The Balaban J connectivity index is 1.39. The van der Waals surface area contributed by atoms with E-state index in [0.29, 0.717) is 34.4 Å². The molecule has 3 unspecified atom stereocenters. The van der Waals surface area contributed by atoms with Crippen molar-refractivity contribution in [3.05, 3.63) is 28.4 Å². The van der Waals surface area contributed by atoms with Gasteiger partial charge >= 0.3 is 0 Å². The van der Waals surface area contributed by atoms with Crippen LogP contribution in [0.15, 0.2) is 27.1 Å². The van der Waals surface area contributed by atoms with Gasteiger partial charge in [-0.3, -0.25) is 9.48 Å². The number of nitrogens with zero attached hydrogens (tertiary/aromatic N) is 2. The first-order valence-electron chi connectivity index (χ1n) is 11.8. The SMILES string of the molecule is CC1(C)C2CCC(CNC(=O)c3nn(CCCCCCl)c4c3oc3cc(Br)ccc34)C1C2. The predicted molar refractivity (Wildman–Crippen MR) is 132 cm³/mol. The van der Waals surface area contributed by atoms with E-state index in [4.69, 9.17) is 21.1 Å². The highest BCUT2D eigenvalue weighted by molar-refractivity contribution is 9.10. The minimum absolute atomic E-state index is 0.133. The molecule has 7 heteroatoms. The number of nitrogens with one attached hydrogen (secondary N) is 1. The molecule has 32 heavy (non-hydrogen) atoms. The second-order valence-electron chi connectivity index (χ2n) is 10.1. The lowest BCUT2D eigenvalue weighted by Crippen LogP contribution is -2.54. The van der Waals surface area contributed by atoms with Gasteiger partial charge < -0.3 is 9.73 Å². The molecule has 0 saturated heterocycles. The molecule has 1 N–H and O–H groups in total. The zero-order chi connectivity index (χ0) is 22.5. The highest BCUT2D eigenvalue weighted by Crippen LogP contribution is 2.61. The fraction of sp³-hybridized carbons (Fsp3) is 0.600. The normalized spacial score (nSPS) is 24.1. The van der Waals surface area contributed by atoms with Gasteiger partial charge in [-0.15, -0.1) is 11.6 Å². The summed E-state index contributed by atoms with van der Waals surface area (Å²) in [7, 11) is 0. The Morgan fingerprint density at radius 3 is 2.91 bits per heavy atom. The van der Waals surface area contributed by atoms with Crippen molar-refractivity contribution in [2.24, 2.45) is 23.2 Å². The maximum atomic E-state index is 13.2. The number of halogens is 2. The molecule has 3 aliphatic carbocycles. The van der Waals surface area contributed by atoms with Crippen LogP contribution < -0.4 is 5.32 Å². The van der Waals surface area contributed by atoms with Gasteiger partial charge in [0.05, 0.1) is 0 Å². The van der Waals surface area contributed by atoms with Gasteiger partial charge in [0.15, 0.2) is 11.3 Å². The molecule has 2 aromatic heterocycles. The van der Waals surface area contributed by atoms with Crippen LogP contribution in [0.1, 0.15) is 62.9 Å². The fourth-order valence-electron chi connectivity index (χ4n) is 6.05. The minimum Gasteiger partial charge on any atom is -0.452 e. The maximum absolute atomic E-state index is 13.2. The second kappa shape index (κ2) is 8.68. The number of hydrogen-bond donors (Lipinski definition) is 1. The number of amides is 1. The Bertz CT molecular complexity index is 1150. The number of benzene rings is 1. The summed E-state index contributed by atoms with van der Waals surface area (Å²) in [6.07, 6.45) is 6.79. The Hall–Kier alpha value is -1.53. The summed E-state index contributed by atoms with van der Waals surface area (Å²) in [5.74, 6) is 2.67. The Morgan fingerprint density at radius 2 is 2.16 bits per heavy atom. The number of hydrogen-bond acceptors (Lipinski definition) is 3. The van der Waals surface area contributed by atoms with E-state index in [9.17, 15) is 4.79 Å². The molecule has 3 aromatic rings. The number of fused-ring (bicyclic) bond motifs is 5. The number of rotatable bonds is 8. The van der Waals surface area contributed by atoms with Crippen molar-refractivity contribution in [2.75, 3.05) is 12.4 Å². The number of aryl methyl sites for hydroxylation is 1. The van der Waals surface area contributed by atoms with Crippen molar-refractivity contribution in [1.29, 1.82) is 0 Å². The zero-order valence-corrected chi connectivity index (χ0v) is 21.1. The number of carbonyl (C=O) groups is 1. The van der Waals surface area contributed by atoms with Gasteiger partial charge in [-0.25, -0.2) is 0 Å². The van der Waals surface area contributed by atoms with E-state index in [-0.39, 0.29) is 5.91 Å². The topological polar surface area (TPSA) is 60.1 Å². The lowest BCUT2D eigenvalue weighted by molar-refractivity contribution is -0.103. The largest absolute Gasteiger partial charge is 0.452 e. The van der Waals surface area contributed by atoms with Gasteiger partial charge in [-0.2, -0.15) is 5.10 Å². The molecule has 3 atom stereocenters. The average Bonchev–Trinajstić information content (AvgIpc) is 3.32. The van der Waals surface area contributed by atoms with Crippen molar-refractivity contribution in [2.45, 2.75) is 58.9 Å². The van der Waals surface area contributed by atoms with Crippen LogP contribution in [0.5, 0.6) is 0 Å². The van der Waals surface area contributed by atoms with Crippen molar-refractivity contribution in [3.8, 4) is 0 Å². The van der Waals surface area contributed by atoms with Gasteiger partial charge in [0.1, 0.15) is 11.1 Å². The van der Waals surface area contributed by atoms with Gasteiger partial charge in [0.25, 0.3) is 5.91 Å². The van der Waals surface area contributed by atoms with Crippen LogP contribution in [-0.2, 0) is 6.54 Å². The third kappa shape index (κ3) is 3.77. The standard InChI is InChI=1S/C25H31BrClN3O2/c1-25(2)16-7-6-15(19(25)12-16)14-28-24(31)21-23-22(30(29-21)11-5-3-4-10-27)18-9-8-17(26)13-20(18)32-23/h8-9,13,15-16,19H,3-7,10-12,14H2,1-2H3,(H,28,31). The first-order valence-corrected chi connectivity index (χ1v) is 13.2. The highest BCUT2D eigenvalue weighted by atomic mass is 79.9. The van der Waals surface area contributed by atoms with Crippen LogP contribution in [0.2, 0.25) is 0 Å². The van der Waals surface area contributed by atoms with E-state index in [2.05, 4.69) is 35.1 Å². The Labute approximate surface area is 202 Å². The fourth-order valence-corrected chi connectivity index (χ4v) is 6.58. The molecule has 5 nitrogen and oxygen atoms in total. The number of alkyl halides is 1. The zero-order valence-electron chi connectivity index (χ0n) is 18.8. The van der Waals surface area contributed by atoms with Crippen molar-refractivity contribution >= 4 is 55.5 Å². The third-order valence-corrected chi connectivity index (χ3v) is 8.82. The first-order chi connectivity index (χ1) is 15.4. The van der Waals surface area contributed by atoms with Gasteiger partial charge in [-0.05, 0) is 73.5 Å². The van der Waals surface area contributed by atoms with Crippen LogP contribution >= 0.6 is 27.5 Å². The first kappa shape index (κ1) is 22.3. The molecule has 1 amide bonds. The van der Waals surface area contributed by atoms with E-state index >= 15 is 0 Å². The lowest BCUT2D eigenvalue weighted by atomic mass is 9.45. The van der Waals surface area contributed by atoms with Crippen molar-refractivity contribution in [3.63, 3.8) is 0 Å². The molecular formula is C25H31BrClN3O2. The summed E-state index contributed by atoms with van der Waals surface area (Å²) in [6.45, 7) is 6.24.